The van der Waals surface area contributed by atoms with Crippen molar-refractivity contribution < 1.29 is 23.4 Å². The molecule has 1 atom stereocenters. The van der Waals surface area contributed by atoms with Crippen LogP contribution in [0.3, 0.4) is 0 Å². The van der Waals surface area contributed by atoms with Crippen LogP contribution in [0, 0.1) is 17.2 Å². The fourth-order valence-electron chi connectivity index (χ4n) is 9.33. The van der Waals surface area contributed by atoms with E-state index in [-0.39, 0.29) is 11.9 Å². The lowest BCUT2D eigenvalue weighted by atomic mass is 9.70. The molecule has 8 rings (SSSR count). The summed E-state index contributed by atoms with van der Waals surface area (Å²) in [5.41, 5.74) is 4.28. The number of amides is 1. The van der Waals surface area contributed by atoms with Crippen LogP contribution in [-0.4, -0.2) is 81.6 Å². The summed E-state index contributed by atoms with van der Waals surface area (Å²) in [6.45, 7) is 14.2. The van der Waals surface area contributed by atoms with Crippen molar-refractivity contribution in [2.75, 3.05) is 44.2 Å². The number of rotatable bonds is 10. The Hall–Kier alpha value is -5.16. The molecule has 1 amide bonds. The largest absolute Gasteiger partial charge is 0.473 e. The normalized spacial score (nSPS) is 18.3. The van der Waals surface area contributed by atoms with Gasteiger partial charge in [-0.3, -0.25) is 4.68 Å². The van der Waals surface area contributed by atoms with Gasteiger partial charge in [0.25, 0.3) is 0 Å². The Morgan fingerprint density at radius 2 is 1.42 bits per heavy atom. The first-order valence-corrected chi connectivity index (χ1v) is 21.4. The molecule has 0 radical (unpaired) electrons. The minimum Gasteiger partial charge on any atom is -0.473 e. The maximum Gasteiger partial charge on any atom is 0.410 e. The van der Waals surface area contributed by atoms with E-state index in [4.69, 9.17) is 24.3 Å². The van der Waals surface area contributed by atoms with E-state index in [2.05, 4.69) is 16.7 Å². The zero-order valence-electron chi connectivity index (χ0n) is 35.3. The minimum atomic E-state index is -0.467. The van der Waals surface area contributed by atoms with Gasteiger partial charge in [-0.15, -0.1) is 0 Å². The fourth-order valence-corrected chi connectivity index (χ4v) is 9.33. The van der Waals surface area contributed by atoms with Gasteiger partial charge >= 0.3 is 6.09 Å². The third-order valence-electron chi connectivity index (χ3n) is 12.9. The second kappa shape index (κ2) is 17.2. The predicted molar refractivity (Wildman–Crippen MR) is 230 cm³/mol. The molecular weight excluding hydrogens is 744 g/mol. The predicted octanol–water partition coefficient (Wildman–Crippen LogP) is 9.65. The lowest BCUT2D eigenvalue weighted by molar-refractivity contribution is -0.0104. The molecule has 312 valence electrons. The molecule has 5 heterocycles. The van der Waals surface area contributed by atoms with Crippen LogP contribution in [0.4, 0.5) is 14.9 Å². The fraction of sp³-hybridized carbons (Fsp3) is 0.479. The second-order valence-electron chi connectivity index (χ2n) is 17.9. The van der Waals surface area contributed by atoms with Gasteiger partial charge in [-0.25, -0.2) is 9.18 Å². The van der Waals surface area contributed by atoms with Crippen LogP contribution in [0.2, 0.25) is 0 Å². The summed E-state index contributed by atoms with van der Waals surface area (Å²) in [5, 5.41) is 5.57. The molecule has 59 heavy (non-hydrogen) atoms. The van der Waals surface area contributed by atoms with Crippen LogP contribution < -0.4 is 14.4 Å². The summed E-state index contributed by atoms with van der Waals surface area (Å²) in [6, 6.07) is 28.0. The van der Waals surface area contributed by atoms with Crippen molar-refractivity contribution in [1.29, 1.82) is 0 Å². The summed E-state index contributed by atoms with van der Waals surface area (Å²) >= 11 is 0. The molecule has 10 nitrogen and oxygen atoms in total. The lowest BCUT2D eigenvalue weighted by Gasteiger charge is -2.49. The van der Waals surface area contributed by atoms with Gasteiger partial charge in [0, 0.05) is 50.7 Å². The first kappa shape index (κ1) is 40.6. The second-order valence-corrected chi connectivity index (χ2v) is 17.9. The zero-order valence-corrected chi connectivity index (χ0v) is 35.3. The lowest BCUT2D eigenvalue weighted by Crippen LogP contribution is -2.52. The van der Waals surface area contributed by atoms with Gasteiger partial charge in [0.2, 0.25) is 11.8 Å². The SMILES string of the molecule is C[C@H](C1CCN(c2ccc3c(-c4ccc(OCc5ccccc5)nc4OCc4ccccc4)nn(C)c3c2F)CC1)N1CCC2(CCN(C(=O)OC(C)(C)C)CC2)CC1. The van der Waals surface area contributed by atoms with Gasteiger partial charge in [0.15, 0.2) is 5.82 Å². The molecule has 0 N–H and O–H groups in total. The average molecular weight is 803 g/mol. The molecule has 0 saturated carbocycles. The maximum absolute atomic E-state index is 16.7. The smallest absolute Gasteiger partial charge is 0.410 e. The highest BCUT2D eigenvalue weighted by molar-refractivity contribution is 5.96. The number of ether oxygens (including phenoxy) is 3. The number of halogens is 1. The van der Waals surface area contributed by atoms with Crippen molar-refractivity contribution in [2.24, 2.45) is 18.4 Å². The molecule has 0 unspecified atom stereocenters. The Balaban J connectivity index is 0.916. The Kier molecular flexibility index (Phi) is 11.8. The molecule has 3 aliphatic rings. The molecule has 3 saturated heterocycles. The van der Waals surface area contributed by atoms with E-state index in [1.165, 1.54) is 12.8 Å². The first-order valence-electron chi connectivity index (χ1n) is 21.4. The number of hydrogen-bond acceptors (Lipinski definition) is 8. The van der Waals surface area contributed by atoms with Crippen LogP contribution >= 0.6 is 0 Å². The topological polar surface area (TPSA) is 85.2 Å². The number of benzene rings is 3. The van der Waals surface area contributed by atoms with Crippen LogP contribution in [0.1, 0.15) is 77.3 Å². The number of piperidine rings is 3. The molecule has 1 spiro atoms. The monoisotopic (exact) mass is 802 g/mol. The van der Waals surface area contributed by atoms with Gasteiger partial charge in [0.05, 0.1) is 11.3 Å². The molecular formula is C48H59FN6O4. The molecule has 0 bridgehead atoms. The average Bonchev–Trinajstić information content (AvgIpc) is 3.59. The summed E-state index contributed by atoms with van der Waals surface area (Å²) in [5.74, 6) is 1.13. The van der Waals surface area contributed by atoms with Crippen molar-refractivity contribution in [1.82, 2.24) is 24.6 Å². The van der Waals surface area contributed by atoms with E-state index in [1.807, 2.05) is 111 Å². The number of likely N-dealkylation sites (tertiary alicyclic amines) is 2. The Morgan fingerprint density at radius 3 is 2.05 bits per heavy atom. The summed E-state index contributed by atoms with van der Waals surface area (Å²) in [7, 11) is 1.80. The number of hydrogen-bond donors (Lipinski definition) is 0. The van der Waals surface area contributed by atoms with Gasteiger partial charge in [-0.1, -0.05) is 60.7 Å². The summed E-state index contributed by atoms with van der Waals surface area (Å²) in [4.78, 5) is 24.2. The van der Waals surface area contributed by atoms with Gasteiger partial charge < -0.3 is 28.9 Å². The van der Waals surface area contributed by atoms with Gasteiger partial charge in [-0.2, -0.15) is 10.1 Å². The summed E-state index contributed by atoms with van der Waals surface area (Å²) in [6.07, 6.45) is 6.33. The standard InChI is InChI=1S/C48H59FN6O4/c1-34(53-28-22-48(23-29-53)24-30-55(31-25-48)46(56)59-47(2,3)4)37-20-26-54(27-21-37)40-18-16-38-43(51-52(5)44(38)42(40)49)39-17-19-41(57-32-35-12-8-6-9-13-35)50-45(39)58-33-36-14-10-7-11-15-36/h6-19,34,37H,20-33H2,1-5H3/t34-/m1/s1. The number of aromatic nitrogens is 3. The number of anilines is 1. The number of pyridine rings is 1. The number of carbonyl (C=O) groups excluding carboxylic acids is 1. The van der Waals surface area contributed by atoms with Crippen LogP contribution in [0.15, 0.2) is 84.9 Å². The molecule has 5 aromatic rings. The maximum atomic E-state index is 16.7. The molecule has 11 heteroatoms. The third-order valence-corrected chi connectivity index (χ3v) is 12.9. The van der Waals surface area contributed by atoms with Crippen molar-refractivity contribution in [2.45, 2.75) is 91.1 Å². The van der Waals surface area contributed by atoms with Crippen molar-refractivity contribution >= 4 is 22.7 Å². The molecule has 3 aromatic carbocycles. The highest BCUT2D eigenvalue weighted by atomic mass is 19.1. The highest BCUT2D eigenvalue weighted by Crippen LogP contribution is 2.43. The molecule has 2 aromatic heterocycles. The molecule has 3 fully saturated rings. The van der Waals surface area contributed by atoms with E-state index in [0.29, 0.717) is 70.2 Å². The zero-order chi connectivity index (χ0) is 41.1. The van der Waals surface area contributed by atoms with E-state index >= 15 is 4.39 Å². The van der Waals surface area contributed by atoms with E-state index < -0.39 is 5.60 Å². The Bertz CT molecular complexity index is 2200. The van der Waals surface area contributed by atoms with Crippen molar-refractivity contribution in [3.63, 3.8) is 0 Å². The first-order chi connectivity index (χ1) is 28.5. The van der Waals surface area contributed by atoms with Gasteiger partial charge in [0.1, 0.15) is 30.0 Å². The number of fused-ring (bicyclic) bond motifs is 1. The molecule has 3 aliphatic heterocycles. The number of nitrogens with zero attached hydrogens (tertiary/aromatic N) is 6. The van der Waals surface area contributed by atoms with Gasteiger partial charge in [-0.05, 0) is 120 Å². The van der Waals surface area contributed by atoms with Crippen molar-refractivity contribution in [3.8, 4) is 23.0 Å². The summed E-state index contributed by atoms with van der Waals surface area (Å²) < 4.78 is 36.4. The van der Waals surface area contributed by atoms with Crippen molar-refractivity contribution in [3.05, 3.63) is 102 Å². The van der Waals surface area contributed by atoms with E-state index in [9.17, 15) is 4.79 Å². The van der Waals surface area contributed by atoms with Crippen LogP contribution in [-0.2, 0) is 25.0 Å². The Morgan fingerprint density at radius 1 is 0.814 bits per heavy atom. The minimum absolute atomic E-state index is 0.182. The van der Waals surface area contributed by atoms with Crippen LogP contribution in [0.5, 0.6) is 11.8 Å². The number of carbonyl (C=O) groups is 1. The van der Waals surface area contributed by atoms with E-state index in [0.717, 1.165) is 76.1 Å². The number of aryl methyl sites for hydroxylation is 1. The third kappa shape index (κ3) is 9.20. The van der Waals surface area contributed by atoms with Crippen LogP contribution in [0.25, 0.3) is 22.2 Å². The highest BCUT2D eigenvalue weighted by Gasteiger charge is 2.41. The Labute approximate surface area is 348 Å². The quantitative estimate of drug-likeness (QED) is 0.138. The van der Waals surface area contributed by atoms with E-state index in [1.54, 1.807) is 11.7 Å². The molecule has 0 aliphatic carbocycles.